The number of nitrogens with zero attached hydrogens (tertiary/aromatic N) is 2. The molecule has 0 aliphatic heterocycles. The molecule has 4 heteroatoms. The van der Waals surface area contributed by atoms with Gasteiger partial charge in [0.05, 0.1) is 12.4 Å². The van der Waals surface area contributed by atoms with Crippen LogP contribution in [0.5, 0.6) is 0 Å². The highest BCUT2D eigenvalue weighted by Gasteiger charge is 2.21. The summed E-state index contributed by atoms with van der Waals surface area (Å²) in [5.74, 6) is 0. The summed E-state index contributed by atoms with van der Waals surface area (Å²) in [4.78, 5) is 3.99. The smallest absolute Gasteiger partial charge is 0.0946 e. The minimum Gasteiger partial charge on any atom is -0.392 e. The molecule has 1 aromatic heterocycles. The molecule has 0 radical (unpaired) electrons. The molecule has 84 valence electrons. The molecule has 1 aliphatic rings. The molecule has 0 spiro atoms. The summed E-state index contributed by atoms with van der Waals surface area (Å²) in [6.07, 6.45) is 9.86. The molecule has 1 fully saturated rings. The number of nitrogens with one attached hydrogen (secondary N) is 1. The molecule has 2 atom stereocenters. The van der Waals surface area contributed by atoms with E-state index >= 15 is 0 Å². The van der Waals surface area contributed by atoms with Gasteiger partial charge in [-0.15, -0.1) is 0 Å². The molecule has 1 aromatic rings. The Bertz CT molecular complexity index is 273. The first-order chi connectivity index (χ1) is 7.36. The lowest BCUT2D eigenvalue weighted by atomic mass is 9.93. The number of aliphatic hydroxyl groups excluding tert-OH is 1. The maximum Gasteiger partial charge on any atom is 0.0946 e. The van der Waals surface area contributed by atoms with E-state index in [4.69, 9.17) is 0 Å². The summed E-state index contributed by atoms with van der Waals surface area (Å²) in [5.41, 5.74) is 0. The number of imidazole rings is 1. The first-order valence-electron chi connectivity index (χ1n) is 5.73. The second-order valence-corrected chi connectivity index (χ2v) is 4.21. The summed E-state index contributed by atoms with van der Waals surface area (Å²) in [5, 5.41) is 13.2. The fourth-order valence-electron chi connectivity index (χ4n) is 2.15. The number of hydrogen-bond donors (Lipinski definition) is 2. The predicted molar refractivity (Wildman–Crippen MR) is 58.5 cm³/mol. The van der Waals surface area contributed by atoms with Gasteiger partial charge in [0.1, 0.15) is 0 Å². The zero-order valence-corrected chi connectivity index (χ0v) is 8.97. The summed E-state index contributed by atoms with van der Waals surface area (Å²) in [6.45, 7) is 1.82. The SMILES string of the molecule is OC1CCCCC1NCCn1ccnc1. The first kappa shape index (κ1) is 10.6. The van der Waals surface area contributed by atoms with Crippen molar-refractivity contribution in [2.24, 2.45) is 0 Å². The maximum atomic E-state index is 9.74. The van der Waals surface area contributed by atoms with Crippen molar-refractivity contribution in [1.82, 2.24) is 14.9 Å². The molecule has 15 heavy (non-hydrogen) atoms. The van der Waals surface area contributed by atoms with E-state index in [0.717, 1.165) is 25.9 Å². The van der Waals surface area contributed by atoms with Crippen LogP contribution in [0.1, 0.15) is 25.7 Å². The van der Waals surface area contributed by atoms with Gasteiger partial charge in [-0.2, -0.15) is 0 Å². The normalized spacial score (nSPS) is 26.7. The lowest BCUT2D eigenvalue weighted by Gasteiger charge is -2.28. The van der Waals surface area contributed by atoms with Gasteiger partial charge in [0, 0.05) is 31.5 Å². The minimum absolute atomic E-state index is 0.151. The van der Waals surface area contributed by atoms with Gasteiger partial charge in [0.2, 0.25) is 0 Å². The number of aromatic nitrogens is 2. The quantitative estimate of drug-likeness (QED) is 0.770. The summed E-state index contributed by atoms with van der Waals surface area (Å²) >= 11 is 0. The Balaban J connectivity index is 1.68. The van der Waals surface area contributed by atoms with Gasteiger partial charge in [0.25, 0.3) is 0 Å². The van der Waals surface area contributed by atoms with Crippen molar-refractivity contribution >= 4 is 0 Å². The van der Waals surface area contributed by atoms with E-state index in [0.29, 0.717) is 6.04 Å². The molecule has 0 saturated heterocycles. The van der Waals surface area contributed by atoms with Gasteiger partial charge in [-0.05, 0) is 12.8 Å². The Morgan fingerprint density at radius 2 is 2.27 bits per heavy atom. The Hall–Kier alpha value is -0.870. The Morgan fingerprint density at radius 3 is 3.00 bits per heavy atom. The molecule has 4 nitrogen and oxygen atoms in total. The van der Waals surface area contributed by atoms with E-state index in [1.165, 1.54) is 12.8 Å². The summed E-state index contributed by atoms with van der Waals surface area (Å²) < 4.78 is 2.04. The van der Waals surface area contributed by atoms with E-state index < -0.39 is 0 Å². The van der Waals surface area contributed by atoms with Crippen molar-refractivity contribution in [1.29, 1.82) is 0 Å². The Labute approximate surface area is 90.3 Å². The van der Waals surface area contributed by atoms with Crippen LogP contribution in [0.2, 0.25) is 0 Å². The molecule has 1 aliphatic carbocycles. The van der Waals surface area contributed by atoms with Crippen LogP contribution in [0.15, 0.2) is 18.7 Å². The Morgan fingerprint density at radius 1 is 1.40 bits per heavy atom. The van der Waals surface area contributed by atoms with Crippen molar-refractivity contribution in [3.63, 3.8) is 0 Å². The average molecular weight is 209 g/mol. The number of aliphatic hydroxyl groups is 1. The van der Waals surface area contributed by atoms with Crippen molar-refractivity contribution in [3.8, 4) is 0 Å². The number of hydrogen-bond acceptors (Lipinski definition) is 3. The molecule has 0 bridgehead atoms. The van der Waals surface area contributed by atoms with Crippen molar-refractivity contribution in [3.05, 3.63) is 18.7 Å². The third-order valence-corrected chi connectivity index (χ3v) is 3.07. The van der Waals surface area contributed by atoms with E-state index in [1.54, 1.807) is 6.20 Å². The van der Waals surface area contributed by atoms with E-state index in [9.17, 15) is 5.11 Å². The average Bonchev–Trinajstić information content (AvgIpc) is 2.74. The van der Waals surface area contributed by atoms with Crippen LogP contribution in [0.3, 0.4) is 0 Å². The van der Waals surface area contributed by atoms with Crippen LogP contribution < -0.4 is 5.32 Å². The number of rotatable bonds is 4. The Kier molecular flexibility index (Phi) is 3.75. The molecule has 2 unspecified atom stereocenters. The van der Waals surface area contributed by atoms with E-state index in [2.05, 4.69) is 10.3 Å². The van der Waals surface area contributed by atoms with Gasteiger partial charge in [0.15, 0.2) is 0 Å². The maximum absolute atomic E-state index is 9.74. The van der Waals surface area contributed by atoms with Crippen molar-refractivity contribution in [2.45, 2.75) is 44.4 Å². The van der Waals surface area contributed by atoms with Crippen LogP contribution in [-0.2, 0) is 6.54 Å². The van der Waals surface area contributed by atoms with E-state index in [-0.39, 0.29) is 6.10 Å². The third-order valence-electron chi connectivity index (χ3n) is 3.07. The minimum atomic E-state index is -0.151. The first-order valence-corrected chi connectivity index (χ1v) is 5.73. The van der Waals surface area contributed by atoms with E-state index in [1.807, 2.05) is 17.1 Å². The highest BCUT2D eigenvalue weighted by Crippen LogP contribution is 2.17. The molecule has 2 rings (SSSR count). The monoisotopic (exact) mass is 209 g/mol. The molecule has 0 aromatic carbocycles. The van der Waals surface area contributed by atoms with Crippen LogP contribution in [0.25, 0.3) is 0 Å². The van der Waals surface area contributed by atoms with Crippen LogP contribution in [0.4, 0.5) is 0 Å². The molecular weight excluding hydrogens is 190 g/mol. The fraction of sp³-hybridized carbons (Fsp3) is 0.727. The molecule has 1 heterocycles. The second-order valence-electron chi connectivity index (χ2n) is 4.21. The zero-order valence-electron chi connectivity index (χ0n) is 8.97. The van der Waals surface area contributed by atoms with Crippen molar-refractivity contribution in [2.75, 3.05) is 6.54 Å². The molecule has 2 N–H and O–H groups in total. The van der Waals surface area contributed by atoms with Gasteiger partial charge in [-0.25, -0.2) is 4.98 Å². The molecule has 1 saturated carbocycles. The largest absolute Gasteiger partial charge is 0.392 e. The third kappa shape index (κ3) is 3.04. The lowest BCUT2D eigenvalue weighted by molar-refractivity contribution is 0.0907. The summed E-state index contributed by atoms with van der Waals surface area (Å²) in [6, 6.07) is 0.294. The van der Waals surface area contributed by atoms with Gasteiger partial charge in [-0.3, -0.25) is 0 Å². The second kappa shape index (κ2) is 5.28. The molecular formula is C11H19N3O. The lowest BCUT2D eigenvalue weighted by Crippen LogP contribution is -2.43. The van der Waals surface area contributed by atoms with Crippen LogP contribution >= 0.6 is 0 Å². The highest BCUT2D eigenvalue weighted by molar-refractivity contribution is 4.81. The molecule has 0 amide bonds. The van der Waals surface area contributed by atoms with Gasteiger partial charge in [-0.1, -0.05) is 12.8 Å². The van der Waals surface area contributed by atoms with Crippen LogP contribution in [0, 0.1) is 0 Å². The predicted octanol–water partition coefficient (Wildman–Crippen LogP) is 0.776. The van der Waals surface area contributed by atoms with Crippen LogP contribution in [-0.4, -0.2) is 33.3 Å². The summed E-state index contributed by atoms with van der Waals surface area (Å²) in [7, 11) is 0. The van der Waals surface area contributed by atoms with Crippen molar-refractivity contribution < 1.29 is 5.11 Å². The van der Waals surface area contributed by atoms with Gasteiger partial charge >= 0.3 is 0 Å². The fourth-order valence-corrected chi connectivity index (χ4v) is 2.15. The van der Waals surface area contributed by atoms with Gasteiger partial charge < -0.3 is 15.0 Å². The topological polar surface area (TPSA) is 50.1 Å². The zero-order chi connectivity index (χ0) is 10.5. The highest BCUT2D eigenvalue weighted by atomic mass is 16.3. The standard InChI is InChI=1S/C11H19N3O/c15-11-4-2-1-3-10(11)13-6-8-14-7-5-12-9-14/h5,7,9-11,13,15H,1-4,6,8H2.